The van der Waals surface area contributed by atoms with Crippen LogP contribution in [-0.4, -0.2) is 36.9 Å². The van der Waals surface area contributed by atoms with E-state index in [4.69, 9.17) is 10.5 Å². The molecule has 1 aliphatic heterocycles. The lowest BCUT2D eigenvalue weighted by Crippen LogP contribution is -2.41. The van der Waals surface area contributed by atoms with E-state index in [1.54, 1.807) is 7.11 Å². The van der Waals surface area contributed by atoms with Crippen molar-refractivity contribution in [2.45, 2.75) is 19.4 Å². The maximum Gasteiger partial charge on any atom is 0.253 e. The van der Waals surface area contributed by atoms with Crippen molar-refractivity contribution >= 4 is 29.9 Å². The molecule has 1 fully saturated rings. The van der Waals surface area contributed by atoms with E-state index in [1.807, 2.05) is 53.4 Å². The number of nitrogens with zero attached hydrogens (tertiary/aromatic N) is 1. The molecule has 2 amide bonds. The molecule has 150 valence electrons. The first-order valence-corrected chi connectivity index (χ1v) is 9.14. The minimum Gasteiger partial charge on any atom is -0.495 e. The number of piperidine rings is 1. The van der Waals surface area contributed by atoms with Gasteiger partial charge in [0.1, 0.15) is 5.75 Å². The van der Waals surface area contributed by atoms with Gasteiger partial charge in [-0.15, -0.1) is 12.4 Å². The number of hydrogen-bond acceptors (Lipinski definition) is 4. The highest BCUT2D eigenvalue weighted by molar-refractivity contribution is 5.96. The van der Waals surface area contributed by atoms with E-state index in [-0.39, 0.29) is 30.1 Å². The number of likely N-dealkylation sites (tertiary alicyclic amines) is 1. The lowest BCUT2D eigenvalue weighted by molar-refractivity contribution is -0.121. The molecule has 3 N–H and O–H groups in total. The zero-order valence-corrected chi connectivity index (χ0v) is 16.7. The number of carbonyl (C=O) groups is 2. The van der Waals surface area contributed by atoms with E-state index in [2.05, 4.69) is 5.32 Å². The predicted octanol–water partition coefficient (Wildman–Crippen LogP) is 3.07. The molecule has 7 heteroatoms. The van der Waals surface area contributed by atoms with Crippen LogP contribution in [-0.2, 0) is 11.3 Å². The molecule has 6 nitrogen and oxygen atoms in total. The topological polar surface area (TPSA) is 84.7 Å². The highest BCUT2D eigenvalue weighted by atomic mass is 35.5. The van der Waals surface area contributed by atoms with Crippen molar-refractivity contribution in [2.24, 2.45) is 11.7 Å². The smallest absolute Gasteiger partial charge is 0.253 e. The normalized spacial score (nSPS) is 14.1. The Bertz CT molecular complexity index is 803. The molecule has 0 unspecified atom stereocenters. The summed E-state index contributed by atoms with van der Waals surface area (Å²) < 4.78 is 5.27. The SMILES string of the molecule is COc1ccccc1NC(=O)C1CCN(C(=O)c2ccc(CN)cc2)CC1.Cl. The Kier molecular flexibility index (Phi) is 7.84. The standard InChI is InChI=1S/C21H25N3O3.ClH/c1-27-19-5-3-2-4-18(19)23-20(25)16-10-12-24(13-11-16)21(26)17-8-6-15(14-22)7-9-17;/h2-9,16H,10-14,22H2,1H3,(H,23,25);1H. The summed E-state index contributed by atoms with van der Waals surface area (Å²) in [4.78, 5) is 27.0. The summed E-state index contributed by atoms with van der Waals surface area (Å²) in [6.07, 6.45) is 1.29. The van der Waals surface area contributed by atoms with Crippen molar-refractivity contribution in [2.75, 3.05) is 25.5 Å². The molecule has 0 aliphatic carbocycles. The number of ether oxygens (including phenoxy) is 1. The fourth-order valence-corrected chi connectivity index (χ4v) is 3.29. The van der Waals surface area contributed by atoms with E-state index >= 15 is 0 Å². The van der Waals surface area contributed by atoms with E-state index in [0.717, 1.165) is 5.56 Å². The van der Waals surface area contributed by atoms with Gasteiger partial charge in [0.2, 0.25) is 5.91 Å². The summed E-state index contributed by atoms with van der Waals surface area (Å²) in [5, 5.41) is 2.94. The van der Waals surface area contributed by atoms with Gasteiger partial charge in [-0.2, -0.15) is 0 Å². The summed E-state index contributed by atoms with van der Waals surface area (Å²) in [6, 6.07) is 14.7. The van der Waals surface area contributed by atoms with Crippen LogP contribution in [0.15, 0.2) is 48.5 Å². The van der Waals surface area contributed by atoms with Crippen molar-refractivity contribution in [3.63, 3.8) is 0 Å². The lowest BCUT2D eigenvalue weighted by atomic mass is 9.95. The first-order chi connectivity index (χ1) is 13.1. The number of nitrogens with one attached hydrogen (secondary N) is 1. The number of benzene rings is 2. The minimum absolute atomic E-state index is 0. The van der Waals surface area contributed by atoms with Crippen molar-refractivity contribution < 1.29 is 14.3 Å². The van der Waals surface area contributed by atoms with Gasteiger partial charge in [-0.05, 0) is 42.7 Å². The van der Waals surface area contributed by atoms with Gasteiger partial charge in [-0.25, -0.2) is 0 Å². The molecule has 0 saturated carbocycles. The zero-order chi connectivity index (χ0) is 19.2. The largest absolute Gasteiger partial charge is 0.495 e. The number of hydrogen-bond donors (Lipinski definition) is 2. The fraction of sp³-hybridized carbons (Fsp3) is 0.333. The van der Waals surface area contributed by atoms with Crippen molar-refractivity contribution in [1.29, 1.82) is 0 Å². The number of carbonyl (C=O) groups excluding carboxylic acids is 2. The molecule has 0 radical (unpaired) electrons. The summed E-state index contributed by atoms with van der Waals surface area (Å²) >= 11 is 0. The first kappa shape index (κ1) is 21.7. The van der Waals surface area contributed by atoms with Gasteiger partial charge in [-0.3, -0.25) is 9.59 Å². The lowest BCUT2D eigenvalue weighted by Gasteiger charge is -2.31. The zero-order valence-electron chi connectivity index (χ0n) is 15.9. The molecule has 1 heterocycles. The molecule has 0 aromatic heterocycles. The highest BCUT2D eigenvalue weighted by Gasteiger charge is 2.28. The molecule has 3 rings (SSSR count). The number of halogens is 1. The molecule has 0 bridgehead atoms. The molecular formula is C21H26ClN3O3. The van der Waals surface area contributed by atoms with Crippen LogP contribution >= 0.6 is 12.4 Å². The van der Waals surface area contributed by atoms with Gasteiger partial charge in [0, 0.05) is 31.1 Å². The molecular weight excluding hydrogens is 378 g/mol. The highest BCUT2D eigenvalue weighted by Crippen LogP contribution is 2.26. The maximum absolute atomic E-state index is 12.6. The number of rotatable bonds is 5. The van der Waals surface area contributed by atoms with Gasteiger partial charge < -0.3 is 20.7 Å². The Morgan fingerprint density at radius 1 is 1.11 bits per heavy atom. The Labute approximate surface area is 171 Å². The second-order valence-electron chi connectivity index (χ2n) is 6.66. The van der Waals surface area contributed by atoms with Crippen LogP contribution in [0.25, 0.3) is 0 Å². The Hall–Kier alpha value is -2.57. The third-order valence-corrected chi connectivity index (χ3v) is 4.95. The summed E-state index contributed by atoms with van der Waals surface area (Å²) in [7, 11) is 1.58. The average Bonchev–Trinajstić information content (AvgIpc) is 2.73. The van der Waals surface area contributed by atoms with Crippen LogP contribution in [0.1, 0.15) is 28.8 Å². The molecule has 1 saturated heterocycles. The van der Waals surface area contributed by atoms with E-state index in [9.17, 15) is 9.59 Å². The van der Waals surface area contributed by atoms with Crippen molar-refractivity contribution in [3.8, 4) is 5.75 Å². The van der Waals surface area contributed by atoms with Crippen molar-refractivity contribution in [3.05, 3.63) is 59.7 Å². The average molecular weight is 404 g/mol. The first-order valence-electron chi connectivity index (χ1n) is 9.14. The van der Waals surface area contributed by atoms with Gasteiger partial charge in [-0.1, -0.05) is 24.3 Å². The molecule has 1 aliphatic rings. The molecule has 0 spiro atoms. The Morgan fingerprint density at radius 2 is 1.75 bits per heavy atom. The number of para-hydroxylation sites is 2. The van der Waals surface area contributed by atoms with Gasteiger partial charge >= 0.3 is 0 Å². The summed E-state index contributed by atoms with van der Waals surface area (Å²) in [5.74, 6) is 0.499. The van der Waals surface area contributed by atoms with E-state index in [0.29, 0.717) is 49.5 Å². The van der Waals surface area contributed by atoms with Crippen LogP contribution in [0.4, 0.5) is 5.69 Å². The van der Waals surface area contributed by atoms with Gasteiger partial charge in [0.05, 0.1) is 12.8 Å². The Morgan fingerprint density at radius 3 is 2.36 bits per heavy atom. The second-order valence-corrected chi connectivity index (χ2v) is 6.66. The molecule has 28 heavy (non-hydrogen) atoms. The van der Waals surface area contributed by atoms with E-state index in [1.165, 1.54) is 0 Å². The molecule has 2 aromatic rings. The fourth-order valence-electron chi connectivity index (χ4n) is 3.29. The number of methoxy groups -OCH3 is 1. The maximum atomic E-state index is 12.6. The number of amides is 2. The summed E-state index contributed by atoms with van der Waals surface area (Å²) in [6.45, 7) is 1.60. The number of anilines is 1. The monoisotopic (exact) mass is 403 g/mol. The molecule has 2 aromatic carbocycles. The van der Waals surface area contributed by atoms with Crippen LogP contribution in [0, 0.1) is 5.92 Å². The van der Waals surface area contributed by atoms with Gasteiger partial charge in [0.15, 0.2) is 0 Å². The van der Waals surface area contributed by atoms with Crippen LogP contribution in [0.3, 0.4) is 0 Å². The number of nitrogens with two attached hydrogens (primary N) is 1. The summed E-state index contributed by atoms with van der Waals surface area (Å²) in [5.41, 5.74) is 7.92. The minimum atomic E-state index is -0.112. The van der Waals surface area contributed by atoms with E-state index < -0.39 is 0 Å². The predicted molar refractivity (Wildman–Crippen MR) is 112 cm³/mol. The third kappa shape index (κ3) is 5.03. The molecule has 0 atom stereocenters. The quantitative estimate of drug-likeness (QED) is 0.803. The van der Waals surface area contributed by atoms with Crippen molar-refractivity contribution in [1.82, 2.24) is 4.90 Å². The third-order valence-electron chi connectivity index (χ3n) is 4.95. The Balaban J connectivity index is 0.00000280. The van der Waals surface area contributed by atoms with Crippen LogP contribution < -0.4 is 15.8 Å². The van der Waals surface area contributed by atoms with Crippen LogP contribution in [0.2, 0.25) is 0 Å². The second kappa shape index (κ2) is 10.1. The van der Waals surface area contributed by atoms with Gasteiger partial charge in [0.25, 0.3) is 5.91 Å². The van der Waals surface area contributed by atoms with Crippen LogP contribution in [0.5, 0.6) is 5.75 Å².